The largest absolute Gasteiger partial charge is 0.454 e. The smallest absolute Gasteiger partial charge is 0.328 e. The first-order valence-corrected chi connectivity index (χ1v) is 11.9. The number of hydrogen-bond donors (Lipinski definition) is 2. The van der Waals surface area contributed by atoms with Crippen LogP contribution in [0.2, 0.25) is 0 Å². The van der Waals surface area contributed by atoms with E-state index in [4.69, 9.17) is 14.5 Å². The first-order chi connectivity index (χ1) is 17.7. The van der Waals surface area contributed by atoms with Crippen LogP contribution in [0.5, 0.6) is 11.5 Å². The fraction of sp³-hybridized carbons (Fsp3) is 0.125. The molecule has 12 heteroatoms. The molecule has 0 radical (unpaired) electrons. The Hall–Kier alpha value is -4.45. The summed E-state index contributed by atoms with van der Waals surface area (Å²) in [6, 6.07) is 16.1. The van der Waals surface area contributed by atoms with Crippen LogP contribution in [-0.2, 0) is 6.67 Å². The van der Waals surface area contributed by atoms with Crippen molar-refractivity contribution in [3.8, 4) is 11.5 Å². The molecule has 2 aliphatic rings. The van der Waals surface area contributed by atoms with Gasteiger partial charge in [0.25, 0.3) is 0 Å². The number of carbonyl (C=O) groups excluding carboxylic acids is 1. The molecule has 36 heavy (non-hydrogen) atoms. The topological polar surface area (TPSA) is 123 Å². The highest BCUT2D eigenvalue weighted by atomic mass is 79.9. The number of para-hydroxylation sites is 1. The molecule has 2 aromatic heterocycles. The van der Waals surface area contributed by atoms with Crippen LogP contribution >= 0.6 is 15.9 Å². The van der Waals surface area contributed by atoms with E-state index in [1.165, 1.54) is 0 Å². The van der Waals surface area contributed by atoms with Gasteiger partial charge in [0.15, 0.2) is 11.5 Å². The maximum atomic E-state index is 13.4. The monoisotopic (exact) mass is 544 g/mol. The average Bonchev–Trinajstić information content (AvgIpc) is 3.67. The lowest BCUT2D eigenvalue weighted by atomic mass is 10.0. The zero-order chi connectivity index (χ0) is 24.2. The number of urea groups is 1. The molecular formula is C24H17BrN8O3. The second-order valence-corrected chi connectivity index (χ2v) is 9.15. The number of rotatable bonds is 4. The van der Waals surface area contributed by atoms with Gasteiger partial charge in [-0.25, -0.2) is 19.5 Å². The third-order valence-electron chi connectivity index (χ3n) is 6.23. The first-order valence-electron chi connectivity index (χ1n) is 11.1. The van der Waals surface area contributed by atoms with Crippen LogP contribution in [0, 0.1) is 0 Å². The van der Waals surface area contributed by atoms with Gasteiger partial charge in [-0.1, -0.05) is 33.3 Å². The SMILES string of the molecule is O=C1NC(=NCn2nnc3ccccc32)C(c2cc3c(cc2Br)OCO3)N1c1ccc2nc[nH]c2c1. The van der Waals surface area contributed by atoms with Crippen LogP contribution in [0.3, 0.4) is 0 Å². The Morgan fingerprint density at radius 3 is 2.86 bits per heavy atom. The van der Waals surface area contributed by atoms with E-state index in [9.17, 15) is 4.79 Å². The Morgan fingerprint density at radius 1 is 1.08 bits per heavy atom. The second-order valence-electron chi connectivity index (χ2n) is 8.30. The van der Waals surface area contributed by atoms with Gasteiger partial charge in [0.05, 0.1) is 22.9 Å². The van der Waals surface area contributed by atoms with Crippen LogP contribution in [0.4, 0.5) is 10.5 Å². The van der Waals surface area contributed by atoms with Gasteiger partial charge in [-0.05, 0) is 42.5 Å². The number of amidine groups is 1. The van der Waals surface area contributed by atoms with E-state index in [-0.39, 0.29) is 19.5 Å². The number of aromatic amines is 1. The van der Waals surface area contributed by atoms with Crippen LogP contribution < -0.4 is 19.7 Å². The summed E-state index contributed by atoms with van der Waals surface area (Å²) in [7, 11) is 0. The molecule has 11 nitrogen and oxygen atoms in total. The van der Waals surface area contributed by atoms with E-state index in [0.717, 1.165) is 32.1 Å². The third-order valence-corrected chi connectivity index (χ3v) is 6.92. The molecular weight excluding hydrogens is 528 g/mol. The molecule has 0 bridgehead atoms. The van der Waals surface area contributed by atoms with Crippen molar-refractivity contribution in [1.29, 1.82) is 0 Å². The maximum Gasteiger partial charge on any atom is 0.328 e. The van der Waals surface area contributed by atoms with Gasteiger partial charge in [0.2, 0.25) is 6.79 Å². The van der Waals surface area contributed by atoms with Gasteiger partial charge in [-0.15, -0.1) is 5.10 Å². The fourth-order valence-electron chi connectivity index (χ4n) is 4.54. The van der Waals surface area contributed by atoms with Crippen molar-refractivity contribution in [2.45, 2.75) is 12.7 Å². The van der Waals surface area contributed by atoms with Crippen molar-refractivity contribution in [1.82, 2.24) is 30.3 Å². The average molecular weight is 545 g/mol. The molecule has 1 fully saturated rings. The number of hydrogen-bond acceptors (Lipinski definition) is 7. The van der Waals surface area contributed by atoms with Crippen molar-refractivity contribution in [3.63, 3.8) is 0 Å². The minimum atomic E-state index is -0.559. The van der Waals surface area contributed by atoms with E-state index >= 15 is 0 Å². The number of carbonyl (C=O) groups is 1. The molecule has 0 aliphatic carbocycles. The van der Waals surface area contributed by atoms with Crippen LogP contribution in [0.25, 0.3) is 22.1 Å². The van der Waals surface area contributed by atoms with E-state index in [1.54, 1.807) is 15.9 Å². The van der Waals surface area contributed by atoms with Gasteiger partial charge in [-0.2, -0.15) is 0 Å². The summed E-state index contributed by atoms with van der Waals surface area (Å²) in [6.45, 7) is 0.329. The predicted molar refractivity (Wildman–Crippen MR) is 135 cm³/mol. The van der Waals surface area contributed by atoms with Crippen LogP contribution in [0.1, 0.15) is 11.6 Å². The molecule has 7 rings (SSSR count). The molecule has 0 spiro atoms. The Morgan fingerprint density at radius 2 is 1.94 bits per heavy atom. The number of benzene rings is 3. The fourth-order valence-corrected chi connectivity index (χ4v) is 5.08. The number of fused-ring (bicyclic) bond motifs is 3. The second kappa shape index (κ2) is 8.05. The number of imidazole rings is 1. The summed E-state index contributed by atoms with van der Waals surface area (Å²) in [4.78, 5) is 27.2. The van der Waals surface area contributed by atoms with Crippen molar-refractivity contribution in [2.24, 2.45) is 4.99 Å². The minimum absolute atomic E-state index is 0.146. The summed E-state index contributed by atoms with van der Waals surface area (Å²) < 4.78 is 13.6. The summed E-state index contributed by atoms with van der Waals surface area (Å²) in [5.74, 6) is 1.72. The molecule has 2 amide bonds. The zero-order valence-electron chi connectivity index (χ0n) is 18.6. The molecule has 2 aliphatic heterocycles. The van der Waals surface area contributed by atoms with E-state index in [2.05, 4.69) is 41.5 Å². The number of nitrogens with zero attached hydrogens (tertiary/aromatic N) is 6. The van der Waals surface area contributed by atoms with E-state index in [1.807, 2.05) is 54.6 Å². The maximum absolute atomic E-state index is 13.4. The standard InChI is InChI=1S/C24H17BrN8O3/c25-15-9-21-20(35-12-36-21)8-14(15)22-23(28-11-32-19-4-2-1-3-17(19)30-31-32)29-24(34)33(22)13-5-6-16-18(7-13)27-10-26-16/h1-10,22H,11-12H2,(H,26,27)(H,28,29,34). The van der Waals surface area contributed by atoms with Crippen molar-refractivity contribution in [3.05, 3.63) is 71.0 Å². The number of H-pyrrole nitrogens is 1. The predicted octanol–water partition coefficient (Wildman–Crippen LogP) is 4.13. The van der Waals surface area contributed by atoms with E-state index in [0.29, 0.717) is 23.0 Å². The highest BCUT2D eigenvalue weighted by Gasteiger charge is 2.41. The lowest BCUT2D eigenvalue weighted by Crippen LogP contribution is -2.29. The highest BCUT2D eigenvalue weighted by molar-refractivity contribution is 9.10. The van der Waals surface area contributed by atoms with Crippen molar-refractivity contribution >= 4 is 55.6 Å². The van der Waals surface area contributed by atoms with Crippen LogP contribution in [-0.4, -0.2) is 43.6 Å². The molecule has 0 saturated carbocycles. The van der Waals surface area contributed by atoms with Gasteiger partial charge in [0.1, 0.15) is 24.1 Å². The van der Waals surface area contributed by atoms with Gasteiger partial charge < -0.3 is 14.5 Å². The van der Waals surface area contributed by atoms with Crippen molar-refractivity contribution in [2.75, 3.05) is 11.7 Å². The molecule has 4 heterocycles. The lowest BCUT2D eigenvalue weighted by molar-refractivity contribution is 0.174. The number of halogens is 1. The molecule has 1 unspecified atom stereocenters. The molecule has 178 valence electrons. The third kappa shape index (κ3) is 3.29. The molecule has 2 N–H and O–H groups in total. The first kappa shape index (κ1) is 20.9. The summed E-state index contributed by atoms with van der Waals surface area (Å²) >= 11 is 3.66. The number of amides is 2. The Balaban J connectivity index is 1.34. The summed E-state index contributed by atoms with van der Waals surface area (Å²) in [5.41, 5.74) is 4.75. The number of nitrogens with one attached hydrogen (secondary N) is 2. The molecule has 1 atom stereocenters. The summed E-state index contributed by atoms with van der Waals surface area (Å²) in [6.07, 6.45) is 1.62. The molecule has 3 aromatic carbocycles. The van der Waals surface area contributed by atoms with Gasteiger partial charge in [0, 0.05) is 15.7 Å². The Kier molecular flexibility index (Phi) is 4.67. The van der Waals surface area contributed by atoms with Gasteiger partial charge in [-0.3, -0.25) is 10.2 Å². The van der Waals surface area contributed by atoms with Gasteiger partial charge >= 0.3 is 6.03 Å². The summed E-state index contributed by atoms with van der Waals surface area (Å²) in [5, 5.41) is 11.4. The minimum Gasteiger partial charge on any atom is -0.454 e. The number of aliphatic imine (C=N–C) groups is 1. The number of ether oxygens (including phenoxy) is 2. The molecule has 5 aromatic rings. The quantitative estimate of drug-likeness (QED) is 0.350. The zero-order valence-corrected chi connectivity index (χ0v) is 20.1. The number of anilines is 1. The Labute approximate surface area is 211 Å². The number of aromatic nitrogens is 5. The molecule has 1 saturated heterocycles. The van der Waals surface area contributed by atoms with E-state index < -0.39 is 6.04 Å². The highest BCUT2D eigenvalue weighted by Crippen LogP contribution is 2.43. The Bertz CT molecular complexity index is 1690. The lowest BCUT2D eigenvalue weighted by Gasteiger charge is -2.24. The van der Waals surface area contributed by atoms with Crippen molar-refractivity contribution < 1.29 is 14.3 Å². The van der Waals surface area contributed by atoms with Crippen LogP contribution in [0.15, 0.2) is 70.4 Å². The normalized spacial score (nSPS) is 18.0.